The van der Waals surface area contributed by atoms with Crippen LogP contribution in [-0.4, -0.2) is 16.3 Å². The largest absolute Gasteiger partial charge is 0.466 e. The average Bonchev–Trinajstić information content (AvgIpc) is 2.90. The minimum Gasteiger partial charge on any atom is -0.466 e. The van der Waals surface area contributed by atoms with E-state index < -0.39 is 0 Å². The molecule has 0 radical (unpaired) electrons. The third-order valence-electron chi connectivity index (χ3n) is 3.86. The zero-order valence-electron chi connectivity index (χ0n) is 13.5. The van der Waals surface area contributed by atoms with Crippen molar-refractivity contribution in [1.82, 2.24) is 15.1 Å². The molecule has 0 saturated carbocycles. The van der Waals surface area contributed by atoms with Crippen LogP contribution >= 0.6 is 15.9 Å². The van der Waals surface area contributed by atoms with Crippen LogP contribution in [0.2, 0.25) is 0 Å². The summed E-state index contributed by atoms with van der Waals surface area (Å²) in [5, 5.41) is 8.08. The number of halogens is 1. The molecule has 21 heavy (non-hydrogen) atoms. The van der Waals surface area contributed by atoms with Crippen molar-refractivity contribution in [3.05, 3.63) is 39.0 Å². The maximum Gasteiger partial charge on any atom is 0.106 e. The number of aryl methyl sites for hydroxylation is 3. The molecule has 0 aliphatic carbocycles. The molecule has 1 atom stereocenters. The van der Waals surface area contributed by atoms with E-state index in [1.807, 2.05) is 20.0 Å². The molecule has 1 N–H and O–H groups in total. The maximum atomic E-state index is 5.83. The summed E-state index contributed by atoms with van der Waals surface area (Å²) in [5.41, 5.74) is 3.62. The fourth-order valence-corrected chi connectivity index (χ4v) is 3.35. The summed E-state index contributed by atoms with van der Waals surface area (Å²) in [7, 11) is 0. The minimum absolute atomic E-state index is 0.0934. The Morgan fingerprint density at radius 3 is 2.52 bits per heavy atom. The van der Waals surface area contributed by atoms with Gasteiger partial charge in [-0.3, -0.25) is 4.68 Å². The molecule has 4 nitrogen and oxygen atoms in total. The first kappa shape index (κ1) is 16.3. The predicted molar refractivity (Wildman–Crippen MR) is 88.7 cm³/mol. The van der Waals surface area contributed by atoms with Crippen LogP contribution in [0.15, 0.2) is 15.1 Å². The molecule has 1 unspecified atom stereocenters. The van der Waals surface area contributed by atoms with Gasteiger partial charge in [0, 0.05) is 12.1 Å². The van der Waals surface area contributed by atoms with E-state index in [0.29, 0.717) is 0 Å². The van der Waals surface area contributed by atoms with Crippen molar-refractivity contribution >= 4 is 15.9 Å². The van der Waals surface area contributed by atoms with Crippen molar-refractivity contribution in [2.75, 3.05) is 6.54 Å². The molecule has 0 bridgehead atoms. The smallest absolute Gasteiger partial charge is 0.106 e. The highest BCUT2D eigenvalue weighted by atomic mass is 79.9. The first-order chi connectivity index (χ1) is 10.0. The number of hydrogen-bond donors (Lipinski definition) is 1. The number of hydrogen-bond acceptors (Lipinski definition) is 3. The summed E-state index contributed by atoms with van der Waals surface area (Å²) < 4.78 is 8.95. The zero-order chi connectivity index (χ0) is 15.6. The number of nitrogens with one attached hydrogen (secondary N) is 1. The molecule has 0 fully saturated rings. The molecule has 2 heterocycles. The van der Waals surface area contributed by atoms with E-state index in [2.05, 4.69) is 51.8 Å². The van der Waals surface area contributed by atoms with Gasteiger partial charge in [0.1, 0.15) is 11.5 Å². The fourth-order valence-electron chi connectivity index (χ4n) is 2.82. The Bertz CT molecular complexity index is 615. The molecule has 116 valence electrons. The third-order valence-corrected chi connectivity index (χ3v) is 4.47. The predicted octanol–water partition coefficient (Wildman–Crippen LogP) is 4.27. The lowest BCUT2D eigenvalue weighted by Crippen LogP contribution is -2.26. The molecule has 0 spiro atoms. The summed E-state index contributed by atoms with van der Waals surface area (Å²) in [6, 6.07) is 0.0934. The SMILES string of the molecule is CCCn1ncc(Br)c1C(NCC)c1c(C)oc(C)c1C. The standard InChI is InChI=1S/C16H24BrN3O/c1-6-8-20-16(13(17)9-19-20)15(18-7-2)14-10(3)11(4)21-12(14)5/h9,15,18H,6-8H2,1-5H3. The van der Waals surface area contributed by atoms with Crippen molar-refractivity contribution in [3.63, 3.8) is 0 Å². The van der Waals surface area contributed by atoms with Crippen LogP contribution in [0.5, 0.6) is 0 Å². The molecule has 0 aliphatic rings. The van der Waals surface area contributed by atoms with Gasteiger partial charge in [0.25, 0.3) is 0 Å². The van der Waals surface area contributed by atoms with Gasteiger partial charge in [-0.25, -0.2) is 0 Å². The number of furan rings is 1. The highest BCUT2D eigenvalue weighted by Gasteiger charge is 2.26. The monoisotopic (exact) mass is 353 g/mol. The van der Waals surface area contributed by atoms with Gasteiger partial charge in [-0.2, -0.15) is 5.10 Å². The van der Waals surface area contributed by atoms with Crippen LogP contribution in [0.1, 0.15) is 54.7 Å². The summed E-state index contributed by atoms with van der Waals surface area (Å²) in [6.07, 6.45) is 2.94. The second-order valence-electron chi connectivity index (χ2n) is 5.34. The van der Waals surface area contributed by atoms with Crippen LogP contribution in [-0.2, 0) is 6.54 Å². The summed E-state index contributed by atoms with van der Waals surface area (Å²) in [6.45, 7) is 12.3. The van der Waals surface area contributed by atoms with E-state index in [9.17, 15) is 0 Å². The minimum atomic E-state index is 0.0934. The van der Waals surface area contributed by atoms with E-state index >= 15 is 0 Å². The van der Waals surface area contributed by atoms with Crippen molar-refractivity contribution < 1.29 is 4.42 Å². The first-order valence-corrected chi connectivity index (χ1v) is 8.31. The highest BCUT2D eigenvalue weighted by molar-refractivity contribution is 9.10. The molecule has 0 amide bonds. The molecular weight excluding hydrogens is 330 g/mol. The molecule has 0 aliphatic heterocycles. The van der Waals surface area contributed by atoms with Gasteiger partial charge in [0.15, 0.2) is 0 Å². The first-order valence-electron chi connectivity index (χ1n) is 7.52. The van der Waals surface area contributed by atoms with E-state index in [-0.39, 0.29) is 6.04 Å². The molecular formula is C16H24BrN3O. The summed E-state index contributed by atoms with van der Waals surface area (Å²) >= 11 is 3.66. The number of rotatable bonds is 6. The molecule has 2 aromatic rings. The van der Waals surface area contributed by atoms with Gasteiger partial charge in [-0.15, -0.1) is 0 Å². The Morgan fingerprint density at radius 2 is 2.00 bits per heavy atom. The average molecular weight is 354 g/mol. The fraction of sp³-hybridized carbons (Fsp3) is 0.562. The van der Waals surface area contributed by atoms with Gasteiger partial charge in [0.05, 0.1) is 22.4 Å². The van der Waals surface area contributed by atoms with Crippen molar-refractivity contribution in [3.8, 4) is 0 Å². The highest BCUT2D eigenvalue weighted by Crippen LogP contribution is 2.34. The summed E-state index contributed by atoms with van der Waals surface area (Å²) in [5.74, 6) is 1.97. The normalized spacial score (nSPS) is 12.9. The molecule has 0 saturated heterocycles. The second-order valence-corrected chi connectivity index (χ2v) is 6.20. The lowest BCUT2D eigenvalue weighted by Gasteiger charge is -2.21. The van der Waals surface area contributed by atoms with Crippen molar-refractivity contribution in [2.45, 2.75) is 53.6 Å². The Kier molecular flexibility index (Phi) is 5.27. The molecule has 0 aromatic carbocycles. The third kappa shape index (κ3) is 3.09. The Labute approximate surface area is 135 Å². The van der Waals surface area contributed by atoms with Gasteiger partial charge in [-0.05, 0) is 55.2 Å². The summed E-state index contributed by atoms with van der Waals surface area (Å²) in [4.78, 5) is 0. The van der Waals surface area contributed by atoms with E-state index in [4.69, 9.17) is 4.42 Å². The number of aromatic nitrogens is 2. The molecule has 5 heteroatoms. The molecule has 2 rings (SSSR count). The van der Waals surface area contributed by atoms with E-state index in [0.717, 1.165) is 35.5 Å². The van der Waals surface area contributed by atoms with Crippen LogP contribution < -0.4 is 5.32 Å². The lowest BCUT2D eigenvalue weighted by molar-refractivity contribution is 0.484. The Balaban J connectivity index is 2.56. The lowest BCUT2D eigenvalue weighted by atomic mass is 9.99. The quantitative estimate of drug-likeness (QED) is 0.842. The zero-order valence-corrected chi connectivity index (χ0v) is 15.0. The van der Waals surface area contributed by atoms with Crippen molar-refractivity contribution in [2.24, 2.45) is 0 Å². The van der Waals surface area contributed by atoms with Gasteiger partial charge >= 0.3 is 0 Å². The van der Waals surface area contributed by atoms with E-state index in [1.54, 1.807) is 0 Å². The second kappa shape index (κ2) is 6.79. The topological polar surface area (TPSA) is 43.0 Å². The van der Waals surface area contributed by atoms with E-state index in [1.165, 1.54) is 16.8 Å². The number of nitrogens with zero attached hydrogens (tertiary/aromatic N) is 2. The van der Waals surface area contributed by atoms with Gasteiger partial charge in [0.2, 0.25) is 0 Å². The van der Waals surface area contributed by atoms with Crippen LogP contribution in [0.3, 0.4) is 0 Å². The molecule has 2 aromatic heterocycles. The Hall–Kier alpha value is -1.07. The van der Waals surface area contributed by atoms with Crippen LogP contribution in [0.4, 0.5) is 0 Å². The van der Waals surface area contributed by atoms with Gasteiger partial charge in [-0.1, -0.05) is 13.8 Å². The Morgan fingerprint density at radius 1 is 1.29 bits per heavy atom. The van der Waals surface area contributed by atoms with Gasteiger partial charge < -0.3 is 9.73 Å². The van der Waals surface area contributed by atoms with Crippen molar-refractivity contribution in [1.29, 1.82) is 0 Å². The maximum absolute atomic E-state index is 5.83. The van der Waals surface area contributed by atoms with Crippen LogP contribution in [0, 0.1) is 20.8 Å². The van der Waals surface area contributed by atoms with Crippen LogP contribution in [0.25, 0.3) is 0 Å².